The van der Waals surface area contributed by atoms with Gasteiger partial charge in [0, 0.05) is 5.69 Å². The van der Waals surface area contributed by atoms with E-state index in [1.807, 2.05) is 57.2 Å². The van der Waals surface area contributed by atoms with Crippen LogP contribution in [0.5, 0.6) is 11.5 Å². The van der Waals surface area contributed by atoms with Crippen molar-refractivity contribution in [3.05, 3.63) is 93.0 Å². The lowest BCUT2D eigenvalue weighted by Crippen LogP contribution is -2.30. The second kappa shape index (κ2) is 10.1. The number of nitrogens with zero attached hydrogens (tertiary/aromatic N) is 2. The summed E-state index contributed by atoms with van der Waals surface area (Å²) in [5, 5.41) is 0.445. The fourth-order valence-electron chi connectivity index (χ4n) is 4.71. The minimum absolute atomic E-state index is 0.0379. The number of aryl methyl sites for hydroxylation is 2. The highest BCUT2D eigenvalue weighted by molar-refractivity contribution is 6.10. The van der Waals surface area contributed by atoms with Gasteiger partial charge in [0.15, 0.2) is 16.9 Å². The average molecular weight is 499 g/mol. The van der Waals surface area contributed by atoms with Crippen molar-refractivity contribution in [2.75, 3.05) is 18.1 Å². The fraction of sp³-hybridized carbons (Fsp3) is 0.300. The summed E-state index contributed by atoms with van der Waals surface area (Å²) in [6.07, 6.45) is 1.95. The summed E-state index contributed by atoms with van der Waals surface area (Å²) in [6.45, 7) is 8.82. The smallest absolute Gasteiger partial charge is 0.296 e. The minimum Gasteiger partial charge on any atom is -0.490 e. The van der Waals surface area contributed by atoms with Crippen LogP contribution in [0.4, 0.5) is 5.82 Å². The number of benzene rings is 2. The first-order valence-corrected chi connectivity index (χ1v) is 12.7. The van der Waals surface area contributed by atoms with Crippen LogP contribution in [0, 0.1) is 13.8 Å². The van der Waals surface area contributed by atoms with Crippen molar-refractivity contribution in [1.29, 1.82) is 0 Å². The van der Waals surface area contributed by atoms with Gasteiger partial charge in [0.05, 0.1) is 30.2 Å². The molecule has 1 aliphatic rings. The second-order valence-electron chi connectivity index (χ2n) is 9.23. The van der Waals surface area contributed by atoms with E-state index in [1.54, 1.807) is 18.2 Å². The van der Waals surface area contributed by atoms with Crippen LogP contribution in [0.2, 0.25) is 0 Å². The van der Waals surface area contributed by atoms with Gasteiger partial charge >= 0.3 is 0 Å². The monoisotopic (exact) mass is 498 g/mol. The zero-order valence-electron chi connectivity index (χ0n) is 21.5. The first kappa shape index (κ1) is 24.6. The van der Waals surface area contributed by atoms with Crippen molar-refractivity contribution in [3.63, 3.8) is 0 Å². The number of aromatic nitrogens is 1. The molecule has 5 rings (SSSR count). The van der Waals surface area contributed by atoms with Gasteiger partial charge in [-0.1, -0.05) is 37.1 Å². The Labute approximate surface area is 215 Å². The first-order valence-electron chi connectivity index (χ1n) is 12.7. The van der Waals surface area contributed by atoms with Gasteiger partial charge in [-0.25, -0.2) is 4.98 Å². The van der Waals surface area contributed by atoms with Crippen LogP contribution in [0.25, 0.3) is 11.0 Å². The molecule has 0 fully saturated rings. The first-order chi connectivity index (χ1) is 17.9. The Morgan fingerprint density at radius 2 is 1.81 bits per heavy atom. The van der Waals surface area contributed by atoms with Gasteiger partial charge in [0.2, 0.25) is 5.76 Å². The highest BCUT2D eigenvalue weighted by atomic mass is 16.5. The predicted octanol–water partition coefficient (Wildman–Crippen LogP) is 6.13. The number of amides is 1. The number of ether oxygens (including phenoxy) is 2. The molecule has 1 aliphatic heterocycles. The molecule has 190 valence electrons. The van der Waals surface area contributed by atoms with E-state index in [1.165, 1.54) is 4.90 Å². The summed E-state index contributed by atoms with van der Waals surface area (Å²) in [6, 6.07) is 15.7. The summed E-state index contributed by atoms with van der Waals surface area (Å²) < 4.78 is 18.0. The fourth-order valence-corrected chi connectivity index (χ4v) is 4.71. The van der Waals surface area contributed by atoms with Crippen LogP contribution in [-0.2, 0) is 0 Å². The maximum absolute atomic E-state index is 13.9. The highest BCUT2D eigenvalue weighted by Gasteiger charge is 2.44. The van der Waals surface area contributed by atoms with Crippen molar-refractivity contribution in [2.45, 2.75) is 46.6 Å². The van der Waals surface area contributed by atoms with Crippen LogP contribution in [0.3, 0.4) is 0 Å². The molecule has 1 amide bonds. The highest BCUT2D eigenvalue weighted by Crippen LogP contribution is 2.43. The molecule has 0 spiro atoms. The van der Waals surface area contributed by atoms with E-state index in [0.717, 1.165) is 24.1 Å². The lowest BCUT2D eigenvalue weighted by molar-refractivity contribution is 0.0970. The number of hydrogen-bond acceptors (Lipinski definition) is 6. The maximum Gasteiger partial charge on any atom is 0.296 e. The Kier molecular flexibility index (Phi) is 6.70. The van der Waals surface area contributed by atoms with Crippen molar-refractivity contribution in [3.8, 4) is 11.5 Å². The van der Waals surface area contributed by atoms with Gasteiger partial charge in [-0.2, -0.15) is 0 Å². The Morgan fingerprint density at radius 1 is 0.973 bits per heavy atom. The van der Waals surface area contributed by atoms with Crippen molar-refractivity contribution >= 4 is 22.7 Å². The summed E-state index contributed by atoms with van der Waals surface area (Å²) in [5.74, 6) is 1.28. The molecule has 0 radical (unpaired) electrons. The van der Waals surface area contributed by atoms with Crippen molar-refractivity contribution in [2.24, 2.45) is 0 Å². The molecule has 2 aromatic carbocycles. The third-order valence-corrected chi connectivity index (χ3v) is 6.48. The van der Waals surface area contributed by atoms with Crippen LogP contribution in [0.15, 0.2) is 63.8 Å². The number of hydrogen-bond donors (Lipinski definition) is 0. The molecule has 0 bridgehead atoms. The molecule has 4 aromatic rings. The maximum atomic E-state index is 13.9. The lowest BCUT2D eigenvalue weighted by atomic mass is 9.97. The number of carbonyl (C=O) groups is 1. The third-order valence-electron chi connectivity index (χ3n) is 6.48. The Bertz CT molecular complexity index is 1540. The predicted molar refractivity (Wildman–Crippen MR) is 143 cm³/mol. The molecule has 3 heterocycles. The summed E-state index contributed by atoms with van der Waals surface area (Å²) >= 11 is 0. The van der Waals surface area contributed by atoms with Crippen molar-refractivity contribution < 1.29 is 18.7 Å². The molecule has 0 saturated heterocycles. The number of unbranched alkanes of at least 4 members (excludes halogenated alkanes) is 1. The van der Waals surface area contributed by atoms with Gasteiger partial charge in [-0.15, -0.1) is 0 Å². The van der Waals surface area contributed by atoms with Crippen LogP contribution < -0.4 is 19.8 Å². The number of carbonyl (C=O) groups excluding carboxylic acids is 1. The van der Waals surface area contributed by atoms with E-state index in [-0.39, 0.29) is 11.2 Å². The molecule has 0 saturated carbocycles. The second-order valence-corrected chi connectivity index (χ2v) is 9.23. The number of rotatable bonds is 8. The van der Waals surface area contributed by atoms with E-state index in [0.29, 0.717) is 52.6 Å². The van der Waals surface area contributed by atoms with Crippen LogP contribution in [0.1, 0.15) is 65.7 Å². The summed E-state index contributed by atoms with van der Waals surface area (Å²) in [5.41, 5.74) is 2.86. The molecular formula is C30H30N2O5. The summed E-state index contributed by atoms with van der Waals surface area (Å²) in [7, 11) is 0. The molecule has 2 aromatic heterocycles. The summed E-state index contributed by atoms with van der Waals surface area (Å²) in [4.78, 5) is 33.8. The van der Waals surface area contributed by atoms with Gasteiger partial charge in [-0.3, -0.25) is 14.5 Å². The standard InChI is InChI=1S/C30H30N2O5/c1-5-7-15-36-23-14-12-20(17-24(23)35-6-2)27-26-28(33)21-16-18(3)11-13-22(21)37-29(26)30(34)32(27)25-10-8-9-19(4)31-25/h8-14,16-17,27H,5-7,15H2,1-4H3. The zero-order chi connectivity index (χ0) is 26.1. The van der Waals surface area contributed by atoms with E-state index in [9.17, 15) is 9.59 Å². The van der Waals surface area contributed by atoms with Gasteiger partial charge in [-0.05, 0) is 69.2 Å². The molecule has 1 atom stereocenters. The van der Waals surface area contributed by atoms with E-state index in [2.05, 4.69) is 11.9 Å². The number of pyridine rings is 1. The largest absolute Gasteiger partial charge is 0.490 e. The Hall–Kier alpha value is -4.13. The van der Waals surface area contributed by atoms with Crippen LogP contribution >= 0.6 is 0 Å². The van der Waals surface area contributed by atoms with Gasteiger partial charge in [0.25, 0.3) is 5.91 Å². The van der Waals surface area contributed by atoms with Crippen molar-refractivity contribution in [1.82, 2.24) is 4.98 Å². The quantitative estimate of drug-likeness (QED) is 0.272. The molecule has 0 aliphatic carbocycles. The van der Waals surface area contributed by atoms with Crippen LogP contribution in [-0.4, -0.2) is 24.1 Å². The van der Waals surface area contributed by atoms with E-state index < -0.39 is 11.9 Å². The topological polar surface area (TPSA) is 81.9 Å². The van der Waals surface area contributed by atoms with E-state index in [4.69, 9.17) is 13.9 Å². The normalized spacial score (nSPS) is 14.8. The Morgan fingerprint density at radius 3 is 2.57 bits per heavy atom. The average Bonchev–Trinajstić information content (AvgIpc) is 3.18. The zero-order valence-corrected chi connectivity index (χ0v) is 21.5. The van der Waals surface area contributed by atoms with Gasteiger partial charge < -0.3 is 13.9 Å². The molecule has 7 nitrogen and oxygen atoms in total. The molecule has 1 unspecified atom stereocenters. The number of anilines is 1. The molecule has 7 heteroatoms. The molecule has 0 N–H and O–H groups in total. The third kappa shape index (κ3) is 4.46. The van der Waals surface area contributed by atoms with E-state index >= 15 is 0 Å². The SMILES string of the molecule is CCCCOc1ccc(C2c3c(oc4ccc(C)cc4c3=O)C(=O)N2c2cccc(C)n2)cc1OCC. The Balaban J connectivity index is 1.72. The number of fused-ring (bicyclic) bond motifs is 2. The lowest BCUT2D eigenvalue weighted by Gasteiger charge is -2.25. The van der Waals surface area contributed by atoms with Gasteiger partial charge in [0.1, 0.15) is 11.4 Å². The molecular weight excluding hydrogens is 468 g/mol. The molecule has 37 heavy (non-hydrogen) atoms. The minimum atomic E-state index is -0.734.